The molecule has 8 heavy (non-hydrogen) atoms. The molecule has 0 atom stereocenters. The molecule has 1 N–H and O–H groups in total. The van der Waals surface area contributed by atoms with Gasteiger partial charge in [0.2, 0.25) is 0 Å². The molecule has 3 heteroatoms. The Labute approximate surface area is 52.0 Å². The van der Waals surface area contributed by atoms with Crippen molar-refractivity contribution < 1.29 is 9.84 Å². The third kappa shape index (κ3) is 0.954. The second-order valence-electron chi connectivity index (χ2n) is 1.39. The lowest BCUT2D eigenvalue weighted by Crippen LogP contribution is -1.94. The first kappa shape index (κ1) is 5.51. The quantitative estimate of drug-likeness (QED) is 0.542. The number of aliphatic hydroxyl groups is 1. The number of hydrogen-bond acceptors (Lipinski definition) is 2. The second kappa shape index (κ2) is 2.09. The average Bonchev–Trinajstić information content (AvgIpc) is 1.77. The van der Waals surface area contributed by atoms with Crippen LogP contribution in [0, 0.1) is 0 Å². The lowest BCUT2D eigenvalue weighted by Gasteiger charge is -2.04. The van der Waals surface area contributed by atoms with Crippen molar-refractivity contribution in [2.45, 2.75) is 0 Å². The zero-order valence-electron chi connectivity index (χ0n) is 4.10. The van der Waals surface area contributed by atoms with E-state index in [2.05, 4.69) is 4.74 Å². The monoisotopic (exact) mass is 132 g/mol. The maximum atomic E-state index is 8.71. The van der Waals surface area contributed by atoms with Gasteiger partial charge in [0.1, 0.15) is 12.9 Å². The van der Waals surface area contributed by atoms with E-state index in [9.17, 15) is 0 Å². The minimum absolute atomic E-state index is 0.00193. The molecule has 0 aromatic rings. The van der Waals surface area contributed by atoms with Crippen LogP contribution < -0.4 is 0 Å². The van der Waals surface area contributed by atoms with Gasteiger partial charge in [-0.3, -0.25) is 0 Å². The highest BCUT2D eigenvalue weighted by Gasteiger charge is 2.02. The van der Waals surface area contributed by atoms with Gasteiger partial charge in [-0.1, -0.05) is 11.6 Å². The van der Waals surface area contributed by atoms with E-state index in [1.807, 2.05) is 0 Å². The number of hydrogen-bond donors (Lipinski definition) is 1. The third-order valence-corrected chi connectivity index (χ3v) is 1.15. The highest BCUT2D eigenvalue weighted by Crippen LogP contribution is 2.14. The predicted molar refractivity (Wildman–Crippen MR) is 30.6 cm³/mol. The van der Waals surface area contributed by atoms with E-state index in [0.717, 1.165) is 0 Å². The Bertz CT molecular complexity index is 131. The predicted octanol–water partition coefficient (Wildman–Crippen LogP) is 1.54. The van der Waals surface area contributed by atoms with Crippen molar-refractivity contribution in [3.05, 3.63) is 23.1 Å². The zero-order valence-corrected chi connectivity index (χ0v) is 4.85. The average molecular weight is 133 g/mol. The molecule has 0 aliphatic carbocycles. The van der Waals surface area contributed by atoms with Crippen molar-refractivity contribution >= 4 is 11.6 Å². The van der Waals surface area contributed by atoms with E-state index in [1.54, 1.807) is 6.08 Å². The lowest BCUT2D eigenvalue weighted by molar-refractivity contribution is 0.256. The fourth-order valence-corrected chi connectivity index (χ4v) is 0.517. The van der Waals surface area contributed by atoms with Gasteiger partial charge in [0.15, 0.2) is 5.76 Å². The summed E-state index contributed by atoms with van der Waals surface area (Å²) >= 11 is 5.43. The molecule has 1 aliphatic rings. The summed E-state index contributed by atoms with van der Waals surface area (Å²) in [5, 5.41) is 9.07. The summed E-state index contributed by atoms with van der Waals surface area (Å²) in [7, 11) is 0. The smallest absolute Gasteiger partial charge is 0.168 e. The minimum atomic E-state index is -0.00193. The normalized spacial score (nSPS) is 18.6. The molecule has 0 bridgehead atoms. The number of allylic oxidation sites excluding steroid dienone is 1. The van der Waals surface area contributed by atoms with Crippen LogP contribution in [0.3, 0.4) is 0 Å². The Morgan fingerprint density at radius 2 is 2.50 bits per heavy atom. The summed E-state index contributed by atoms with van der Waals surface area (Å²) in [5.41, 5.74) is 0. The lowest BCUT2D eigenvalue weighted by atomic mass is 10.4. The first-order valence-electron chi connectivity index (χ1n) is 2.17. The van der Waals surface area contributed by atoms with E-state index < -0.39 is 0 Å². The topological polar surface area (TPSA) is 29.5 Å². The van der Waals surface area contributed by atoms with Crippen molar-refractivity contribution in [1.29, 1.82) is 0 Å². The van der Waals surface area contributed by atoms with Crippen LogP contribution in [0.2, 0.25) is 0 Å². The number of aliphatic hydroxyl groups excluding tert-OH is 1. The summed E-state index contributed by atoms with van der Waals surface area (Å²) in [5.74, 6) is -0.00193. The molecule has 1 heterocycles. The number of ether oxygens (including phenoxy) is 1. The van der Waals surface area contributed by atoms with Crippen molar-refractivity contribution in [2.75, 3.05) is 6.61 Å². The zero-order chi connectivity index (χ0) is 5.98. The van der Waals surface area contributed by atoms with Crippen molar-refractivity contribution in [2.24, 2.45) is 0 Å². The first-order chi connectivity index (χ1) is 3.80. The van der Waals surface area contributed by atoms with Gasteiger partial charge in [-0.2, -0.15) is 0 Å². The van der Waals surface area contributed by atoms with E-state index in [0.29, 0.717) is 11.6 Å². The van der Waals surface area contributed by atoms with Gasteiger partial charge < -0.3 is 9.84 Å². The molecule has 0 radical (unpaired) electrons. The van der Waals surface area contributed by atoms with Crippen LogP contribution in [-0.2, 0) is 4.74 Å². The fourth-order valence-electron chi connectivity index (χ4n) is 0.409. The van der Waals surface area contributed by atoms with Gasteiger partial charge in [-0.25, -0.2) is 0 Å². The molecule has 0 amide bonds. The molecule has 0 saturated heterocycles. The fraction of sp³-hybridized carbons (Fsp3) is 0.200. The second-order valence-corrected chi connectivity index (χ2v) is 1.80. The molecule has 0 saturated carbocycles. The SMILES string of the molecule is OC1=COCC=C1Cl. The highest BCUT2D eigenvalue weighted by atomic mass is 35.5. The molecule has 0 spiro atoms. The van der Waals surface area contributed by atoms with E-state index in [-0.39, 0.29) is 5.76 Å². The Hall–Kier alpha value is -0.630. The van der Waals surface area contributed by atoms with Crippen LogP contribution in [-0.4, -0.2) is 11.7 Å². The molecule has 0 aromatic heterocycles. The Morgan fingerprint density at radius 1 is 1.75 bits per heavy atom. The van der Waals surface area contributed by atoms with Gasteiger partial charge in [-0.05, 0) is 6.08 Å². The third-order valence-electron chi connectivity index (χ3n) is 0.798. The van der Waals surface area contributed by atoms with Crippen LogP contribution in [0.1, 0.15) is 0 Å². The Morgan fingerprint density at radius 3 is 2.88 bits per heavy atom. The van der Waals surface area contributed by atoms with Crippen molar-refractivity contribution in [3.63, 3.8) is 0 Å². The largest absolute Gasteiger partial charge is 0.504 e. The maximum Gasteiger partial charge on any atom is 0.168 e. The summed E-state index contributed by atoms with van der Waals surface area (Å²) in [6, 6.07) is 0. The molecule has 0 fully saturated rings. The Balaban J connectivity index is 2.73. The molecule has 0 unspecified atom stereocenters. The molecular weight excluding hydrogens is 128 g/mol. The van der Waals surface area contributed by atoms with Crippen LogP contribution in [0.5, 0.6) is 0 Å². The molecule has 2 nitrogen and oxygen atoms in total. The van der Waals surface area contributed by atoms with Crippen molar-refractivity contribution in [3.8, 4) is 0 Å². The maximum absolute atomic E-state index is 8.71. The van der Waals surface area contributed by atoms with Gasteiger partial charge in [0, 0.05) is 0 Å². The molecule has 44 valence electrons. The summed E-state index contributed by atoms with van der Waals surface area (Å²) in [6.07, 6.45) is 2.82. The Kier molecular flexibility index (Phi) is 1.44. The van der Waals surface area contributed by atoms with Gasteiger partial charge in [0.25, 0.3) is 0 Å². The first-order valence-corrected chi connectivity index (χ1v) is 2.55. The van der Waals surface area contributed by atoms with Crippen LogP contribution in [0.25, 0.3) is 0 Å². The molecule has 1 rings (SSSR count). The number of halogens is 1. The van der Waals surface area contributed by atoms with E-state index in [1.165, 1.54) is 6.26 Å². The van der Waals surface area contributed by atoms with Crippen molar-refractivity contribution in [1.82, 2.24) is 0 Å². The summed E-state index contributed by atoms with van der Waals surface area (Å²) in [6.45, 7) is 0.447. The standard InChI is InChI=1S/C5H5ClO2/c6-4-1-2-8-3-5(4)7/h1,3,7H,2H2. The highest BCUT2D eigenvalue weighted by molar-refractivity contribution is 6.31. The molecule has 0 aromatic carbocycles. The summed E-state index contributed by atoms with van der Waals surface area (Å²) in [4.78, 5) is 0. The van der Waals surface area contributed by atoms with Gasteiger partial charge in [0.05, 0.1) is 5.03 Å². The summed E-state index contributed by atoms with van der Waals surface area (Å²) < 4.78 is 4.68. The molecule has 1 aliphatic heterocycles. The minimum Gasteiger partial charge on any atom is -0.504 e. The number of rotatable bonds is 0. The van der Waals surface area contributed by atoms with Gasteiger partial charge in [-0.15, -0.1) is 0 Å². The van der Waals surface area contributed by atoms with Crippen LogP contribution in [0.15, 0.2) is 23.1 Å². The van der Waals surface area contributed by atoms with E-state index >= 15 is 0 Å². The van der Waals surface area contributed by atoms with Crippen LogP contribution in [0.4, 0.5) is 0 Å². The van der Waals surface area contributed by atoms with E-state index in [4.69, 9.17) is 16.7 Å². The molecular formula is C5H5ClO2. The van der Waals surface area contributed by atoms with Gasteiger partial charge >= 0.3 is 0 Å². The van der Waals surface area contributed by atoms with Crippen LogP contribution >= 0.6 is 11.6 Å².